The summed E-state index contributed by atoms with van der Waals surface area (Å²) in [6.45, 7) is 7.26. The predicted octanol–water partition coefficient (Wildman–Crippen LogP) is 4.20. The second kappa shape index (κ2) is 8.32. The third kappa shape index (κ3) is 4.52. The second-order valence-corrected chi connectivity index (χ2v) is 7.88. The van der Waals surface area contributed by atoms with Crippen molar-refractivity contribution in [3.63, 3.8) is 0 Å². The molecular weight excluding hydrogens is 325 g/mol. The van der Waals surface area contributed by atoms with E-state index in [0.717, 1.165) is 45.4 Å². The highest BCUT2D eigenvalue weighted by Crippen LogP contribution is 2.44. The van der Waals surface area contributed by atoms with Crippen LogP contribution in [0.4, 0.5) is 4.39 Å². The van der Waals surface area contributed by atoms with E-state index in [9.17, 15) is 4.39 Å². The molecule has 0 spiro atoms. The van der Waals surface area contributed by atoms with Gasteiger partial charge in [-0.05, 0) is 43.9 Å². The molecule has 2 atom stereocenters. The van der Waals surface area contributed by atoms with Crippen molar-refractivity contribution in [2.75, 3.05) is 13.2 Å². The highest BCUT2D eigenvalue weighted by atomic mass is 19.1. The lowest BCUT2D eigenvalue weighted by Gasteiger charge is -2.46. The minimum atomic E-state index is -0.162. The van der Waals surface area contributed by atoms with Crippen molar-refractivity contribution in [2.45, 2.75) is 57.1 Å². The summed E-state index contributed by atoms with van der Waals surface area (Å²) in [5.74, 6) is -0.162. The van der Waals surface area contributed by atoms with Crippen LogP contribution in [0.25, 0.3) is 0 Å². The van der Waals surface area contributed by atoms with Gasteiger partial charge in [0.05, 0.1) is 12.1 Å². The first-order valence-corrected chi connectivity index (χ1v) is 9.81. The summed E-state index contributed by atoms with van der Waals surface area (Å²) in [5, 5.41) is 2.39. The van der Waals surface area contributed by atoms with Crippen molar-refractivity contribution in [2.24, 2.45) is 0 Å². The van der Waals surface area contributed by atoms with Crippen molar-refractivity contribution in [1.82, 2.24) is 0 Å². The van der Waals surface area contributed by atoms with Gasteiger partial charge in [-0.1, -0.05) is 49.4 Å². The molecule has 1 fully saturated rings. The fourth-order valence-corrected chi connectivity index (χ4v) is 4.24. The van der Waals surface area contributed by atoms with Gasteiger partial charge in [-0.15, -0.1) is 0 Å². The standard InChI is InChI=1S/C23H30FNO/c1-3-22(2)18-23(14-16-26-22,20-9-11-21(24)12-10-20)13-15-25-17-19-7-5-4-6-8-19/h4-12,25H,3,13-18H2,1-2H3/p+1/t22-,23+/m1/s1. The molecule has 0 radical (unpaired) electrons. The van der Waals surface area contributed by atoms with Gasteiger partial charge in [0.2, 0.25) is 0 Å². The van der Waals surface area contributed by atoms with Gasteiger partial charge in [-0.25, -0.2) is 4.39 Å². The molecule has 1 saturated heterocycles. The van der Waals surface area contributed by atoms with Crippen LogP contribution in [0, 0.1) is 5.82 Å². The molecule has 2 nitrogen and oxygen atoms in total. The van der Waals surface area contributed by atoms with E-state index in [1.165, 1.54) is 11.1 Å². The lowest BCUT2D eigenvalue weighted by atomic mass is 9.66. The van der Waals surface area contributed by atoms with Crippen LogP contribution in [0.1, 0.15) is 50.7 Å². The lowest BCUT2D eigenvalue weighted by molar-refractivity contribution is -0.672. The second-order valence-electron chi connectivity index (χ2n) is 7.88. The molecule has 0 aliphatic carbocycles. The molecule has 26 heavy (non-hydrogen) atoms. The Kier molecular flexibility index (Phi) is 6.10. The average molecular weight is 357 g/mol. The van der Waals surface area contributed by atoms with Gasteiger partial charge in [0, 0.05) is 24.0 Å². The van der Waals surface area contributed by atoms with Gasteiger partial charge in [0.25, 0.3) is 0 Å². The van der Waals surface area contributed by atoms with E-state index in [4.69, 9.17) is 4.74 Å². The fourth-order valence-electron chi connectivity index (χ4n) is 4.24. The molecule has 0 saturated carbocycles. The molecular formula is C23H31FNO+. The molecule has 1 heterocycles. The highest BCUT2D eigenvalue weighted by Gasteiger charge is 2.43. The summed E-state index contributed by atoms with van der Waals surface area (Å²) >= 11 is 0. The summed E-state index contributed by atoms with van der Waals surface area (Å²) in [6.07, 6.45) is 4.10. The van der Waals surface area contributed by atoms with Crippen molar-refractivity contribution in [1.29, 1.82) is 0 Å². The molecule has 2 N–H and O–H groups in total. The molecule has 0 amide bonds. The predicted molar refractivity (Wildman–Crippen MR) is 104 cm³/mol. The lowest BCUT2D eigenvalue weighted by Crippen LogP contribution is -2.83. The van der Waals surface area contributed by atoms with E-state index in [0.29, 0.717) is 0 Å². The van der Waals surface area contributed by atoms with E-state index < -0.39 is 0 Å². The Hall–Kier alpha value is -1.71. The van der Waals surface area contributed by atoms with Crippen LogP contribution in [0.5, 0.6) is 0 Å². The third-order valence-electron chi connectivity index (χ3n) is 6.00. The summed E-state index contributed by atoms with van der Waals surface area (Å²) < 4.78 is 19.6. The van der Waals surface area contributed by atoms with E-state index in [1.807, 2.05) is 12.1 Å². The van der Waals surface area contributed by atoms with E-state index in [-0.39, 0.29) is 16.8 Å². The highest BCUT2D eigenvalue weighted by molar-refractivity contribution is 5.27. The zero-order valence-electron chi connectivity index (χ0n) is 16.0. The Bertz CT molecular complexity index is 687. The van der Waals surface area contributed by atoms with Gasteiger partial charge in [0.1, 0.15) is 12.4 Å². The Labute approximate surface area is 156 Å². The van der Waals surface area contributed by atoms with Crippen LogP contribution < -0.4 is 5.32 Å². The van der Waals surface area contributed by atoms with Gasteiger partial charge in [0.15, 0.2) is 0 Å². The van der Waals surface area contributed by atoms with Crippen molar-refractivity contribution < 1.29 is 14.4 Å². The number of halogens is 1. The number of hydrogen-bond acceptors (Lipinski definition) is 1. The minimum Gasteiger partial charge on any atom is -0.375 e. The zero-order valence-corrected chi connectivity index (χ0v) is 16.0. The average Bonchev–Trinajstić information content (AvgIpc) is 2.67. The van der Waals surface area contributed by atoms with Gasteiger partial charge in [-0.3, -0.25) is 0 Å². The Morgan fingerprint density at radius 2 is 1.81 bits per heavy atom. The largest absolute Gasteiger partial charge is 0.375 e. The summed E-state index contributed by atoms with van der Waals surface area (Å²) in [7, 11) is 0. The molecule has 0 bridgehead atoms. The van der Waals surface area contributed by atoms with Gasteiger partial charge < -0.3 is 10.1 Å². The molecule has 0 unspecified atom stereocenters. The Morgan fingerprint density at radius 1 is 1.08 bits per heavy atom. The number of rotatable bonds is 7. The monoisotopic (exact) mass is 356 g/mol. The summed E-state index contributed by atoms with van der Waals surface area (Å²) in [6, 6.07) is 17.8. The number of benzene rings is 2. The molecule has 1 aliphatic rings. The first-order chi connectivity index (χ1) is 12.6. The van der Waals surface area contributed by atoms with E-state index in [1.54, 1.807) is 12.1 Å². The van der Waals surface area contributed by atoms with Crippen LogP contribution in [0.3, 0.4) is 0 Å². The van der Waals surface area contributed by atoms with Crippen LogP contribution in [0.15, 0.2) is 54.6 Å². The first kappa shape index (κ1) is 19.1. The smallest absolute Gasteiger partial charge is 0.123 e. The molecule has 3 heteroatoms. The molecule has 2 aromatic rings. The van der Waals surface area contributed by atoms with Gasteiger partial charge in [-0.2, -0.15) is 0 Å². The minimum absolute atomic E-state index is 0.0733. The van der Waals surface area contributed by atoms with Crippen LogP contribution in [-0.4, -0.2) is 18.8 Å². The maximum absolute atomic E-state index is 13.5. The normalized spacial score (nSPS) is 26.0. The van der Waals surface area contributed by atoms with Crippen molar-refractivity contribution >= 4 is 0 Å². The SMILES string of the molecule is CC[C@]1(C)C[C@@](CC[NH2+]Cc2ccccc2)(c2ccc(F)cc2)CCO1. The summed E-state index contributed by atoms with van der Waals surface area (Å²) in [5.41, 5.74) is 2.60. The number of hydrogen-bond donors (Lipinski definition) is 1. The van der Waals surface area contributed by atoms with E-state index >= 15 is 0 Å². The van der Waals surface area contributed by atoms with Crippen LogP contribution in [0.2, 0.25) is 0 Å². The van der Waals surface area contributed by atoms with Crippen molar-refractivity contribution in [3.05, 3.63) is 71.5 Å². The quantitative estimate of drug-likeness (QED) is 0.740. The van der Waals surface area contributed by atoms with Crippen LogP contribution in [-0.2, 0) is 16.7 Å². The molecule has 2 aromatic carbocycles. The molecule has 0 aromatic heterocycles. The Balaban J connectivity index is 1.72. The molecule has 1 aliphatic heterocycles. The number of nitrogens with two attached hydrogens (primary N) is 1. The third-order valence-corrected chi connectivity index (χ3v) is 6.00. The zero-order chi connectivity index (χ0) is 18.5. The summed E-state index contributed by atoms with van der Waals surface area (Å²) in [4.78, 5) is 0. The maximum atomic E-state index is 13.5. The first-order valence-electron chi connectivity index (χ1n) is 9.81. The van der Waals surface area contributed by atoms with E-state index in [2.05, 4.69) is 49.5 Å². The van der Waals surface area contributed by atoms with Crippen molar-refractivity contribution in [3.8, 4) is 0 Å². The van der Waals surface area contributed by atoms with Crippen LogP contribution >= 0.6 is 0 Å². The number of ether oxygens (including phenoxy) is 1. The Morgan fingerprint density at radius 3 is 2.50 bits per heavy atom. The molecule has 3 rings (SSSR count). The maximum Gasteiger partial charge on any atom is 0.123 e. The van der Waals surface area contributed by atoms with Gasteiger partial charge >= 0.3 is 0 Å². The number of quaternary nitrogens is 1. The topological polar surface area (TPSA) is 25.8 Å². The molecule has 140 valence electrons. The fraction of sp³-hybridized carbons (Fsp3) is 0.478.